The summed E-state index contributed by atoms with van der Waals surface area (Å²) in [5.41, 5.74) is 0.0486. The van der Waals surface area contributed by atoms with Crippen molar-refractivity contribution in [3.05, 3.63) is 23.2 Å². The number of phenolic OH excluding ortho intramolecular Hbond substituents is 1. The molecule has 1 aromatic rings. The Labute approximate surface area is 125 Å². The molecule has 0 aliphatic carbocycles. The molecule has 0 spiro atoms. The normalized spacial score (nSPS) is 12.1. The van der Waals surface area contributed by atoms with E-state index < -0.39 is 0 Å². The van der Waals surface area contributed by atoms with Crippen molar-refractivity contribution in [2.75, 3.05) is 5.32 Å². The number of hydrogen-bond donors (Lipinski definition) is 3. The predicted octanol–water partition coefficient (Wildman–Crippen LogP) is 4.38. The minimum Gasteiger partial charge on any atom is -0.506 e. The minimum absolute atomic E-state index is 0.0156. The Balaban J connectivity index is 2.70. The van der Waals surface area contributed by atoms with Crippen LogP contribution in [0.5, 0.6) is 5.75 Å². The molecule has 4 nitrogen and oxygen atoms in total. The maximum atomic E-state index is 12.0. The number of phenols is 1. The van der Waals surface area contributed by atoms with Gasteiger partial charge >= 0.3 is 6.03 Å². The summed E-state index contributed by atoms with van der Waals surface area (Å²) in [4.78, 5) is 12.0. The van der Waals surface area contributed by atoms with Gasteiger partial charge < -0.3 is 15.7 Å². The van der Waals surface area contributed by atoms with Gasteiger partial charge in [0.25, 0.3) is 0 Å². The van der Waals surface area contributed by atoms with Crippen LogP contribution in [0.15, 0.2) is 18.2 Å². The van der Waals surface area contributed by atoms with E-state index >= 15 is 0 Å². The monoisotopic (exact) mass is 298 g/mol. The van der Waals surface area contributed by atoms with E-state index in [1.165, 1.54) is 12.1 Å². The fourth-order valence-electron chi connectivity index (χ4n) is 2.44. The van der Waals surface area contributed by atoms with Gasteiger partial charge in [-0.1, -0.05) is 32.4 Å². The molecule has 0 aliphatic heterocycles. The molecular weight excluding hydrogens is 276 g/mol. The second kappa shape index (κ2) is 5.92. The van der Waals surface area contributed by atoms with Crippen LogP contribution in [0.1, 0.15) is 41.0 Å². The van der Waals surface area contributed by atoms with Crippen LogP contribution in [0.3, 0.4) is 0 Å². The maximum absolute atomic E-state index is 12.0. The Hall–Kier alpha value is -1.42. The Kier molecular flexibility index (Phi) is 4.92. The third-order valence-electron chi connectivity index (χ3n) is 2.63. The molecule has 0 unspecified atom stereocenters. The summed E-state index contributed by atoms with van der Waals surface area (Å²) in [5, 5.41) is 15.6. The van der Waals surface area contributed by atoms with Crippen LogP contribution in [0.25, 0.3) is 0 Å². The number of halogens is 1. The van der Waals surface area contributed by atoms with Crippen molar-refractivity contribution >= 4 is 23.3 Å². The summed E-state index contributed by atoms with van der Waals surface area (Å²) in [5.74, 6) is -0.0156. The van der Waals surface area contributed by atoms with Gasteiger partial charge in [-0.25, -0.2) is 4.79 Å². The van der Waals surface area contributed by atoms with Crippen LogP contribution in [0.2, 0.25) is 5.02 Å². The lowest BCUT2D eigenvalue weighted by Crippen LogP contribution is -2.47. The summed E-state index contributed by atoms with van der Waals surface area (Å²) in [6, 6.07) is 4.14. The number of hydrogen-bond acceptors (Lipinski definition) is 2. The van der Waals surface area contributed by atoms with E-state index in [1.807, 2.05) is 13.8 Å². The molecule has 0 saturated heterocycles. The van der Waals surface area contributed by atoms with E-state index in [0.29, 0.717) is 10.7 Å². The first kappa shape index (κ1) is 16.6. The molecule has 0 aromatic heterocycles. The second-order valence-corrected chi connectivity index (χ2v) is 7.30. The molecule has 0 atom stereocenters. The Morgan fingerprint density at radius 1 is 1.25 bits per heavy atom. The molecule has 1 aromatic carbocycles. The van der Waals surface area contributed by atoms with Crippen molar-refractivity contribution in [2.24, 2.45) is 5.41 Å². The number of carbonyl (C=O) groups excluding carboxylic acids is 1. The number of amides is 2. The highest BCUT2D eigenvalue weighted by Crippen LogP contribution is 2.28. The van der Waals surface area contributed by atoms with Gasteiger partial charge in [0.1, 0.15) is 5.75 Å². The van der Waals surface area contributed by atoms with E-state index in [0.717, 1.165) is 6.42 Å². The number of benzene rings is 1. The van der Waals surface area contributed by atoms with Crippen LogP contribution >= 0.6 is 11.6 Å². The molecule has 0 aliphatic rings. The van der Waals surface area contributed by atoms with Gasteiger partial charge in [-0.05, 0) is 43.9 Å². The third-order valence-corrected chi connectivity index (χ3v) is 2.87. The Morgan fingerprint density at radius 3 is 2.40 bits per heavy atom. The Bertz CT molecular complexity index is 493. The van der Waals surface area contributed by atoms with Crippen LogP contribution in [0, 0.1) is 5.41 Å². The molecule has 112 valence electrons. The lowest BCUT2D eigenvalue weighted by molar-refractivity contribution is 0.220. The second-order valence-electron chi connectivity index (χ2n) is 6.86. The SMILES string of the molecule is CC(C)(C)CC(C)(C)NC(=O)Nc1cc(Cl)ccc1O. The van der Waals surface area contributed by atoms with E-state index in [1.54, 1.807) is 6.07 Å². The van der Waals surface area contributed by atoms with Crippen molar-refractivity contribution in [3.63, 3.8) is 0 Å². The molecule has 3 N–H and O–H groups in total. The highest BCUT2D eigenvalue weighted by atomic mass is 35.5. The zero-order chi connectivity index (χ0) is 15.6. The van der Waals surface area contributed by atoms with Gasteiger partial charge in [-0.15, -0.1) is 0 Å². The maximum Gasteiger partial charge on any atom is 0.319 e. The van der Waals surface area contributed by atoms with E-state index in [9.17, 15) is 9.90 Å². The number of rotatable bonds is 3. The summed E-state index contributed by atoms with van der Waals surface area (Å²) in [6.07, 6.45) is 0.828. The minimum atomic E-state index is -0.364. The summed E-state index contributed by atoms with van der Waals surface area (Å²) in [6.45, 7) is 10.3. The fraction of sp³-hybridized carbons (Fsp3) is 0.533. The standard InChI is InChI=1S/C15H23ClN2O2/c1-14(2,3)9-15(4,5)18-13(20)17-11-8-10(16)6-7-12(11)19/h6-8,19H,9H2,1-5H3,(H2,17,18,20). The topological polar surface area (TPSA) is 61.4 Å². The molecule has 0 bridgehead atoms. The van der Waals surface area contributed by atoms with Crippen molar-refractivity contribution < 1.29 is 9.90 Å². The fourth-order valence-corrected chi connectivity index (χ4v) is 2.61. The molecule has 5 heteroatoms. The number of urea groups is 1. The lowest BCUT2D eigenvalue weighted by atomic mass is 9.82. The largest absolute Gasteiger partial charge is 0.506 e. The first-order chi connectivity index (χ1) is 8.98. The van der Waals surface area contributed by atoms with Crippen LogP contribution < -0.4 is 10.6 Å². The molecule has 0 saturated carbocycles. The molecule has 0 radical (unpaired) electrons. The third kappa shape index (κ3) is 5.70. The van der Waals surface area contributed by atoms with Gasteiger partial charge in [0.2, 0.25) is 0 Å². The summed E-state index contributed by atoms with van der Waals surface area (Å²) >= 11 is 5.84. The van der Waals surface area contributed by atoms with E-state index in [2.05, 4.69) is 31.4 Å². The van der Waals surface area contributed by atoms with E-state index in [-0.39, 0.29) is 22.7 Å². The van der Waals surface area contributed by atoms with Gasteiger partial charge in [-0.3, -0.25) is 0 Å². The predicted molar refractivity (Wildman–Crippen MR) is 83.4 cm³/mol. The first-order valence-electron chi connectivity index (χ1n) is 6.56. The average Bonchev–Trinajstić information content (AvgIpc) is 2.18. The summed E-state index contributed by atoms with van der Waals surface area (Å²) in [7, 11) is 0. The quantitative estimate of drug-likeness (QED) is 0.725. The molecule has 1 rings (SSSR count). The van der Waals surface area contributed by atoms with Gasteiger partial charge in [-0.2, -0.15) is 0 Å². The zero-order valence-electron chi connectivity index (χ0n) is 12.7. The number of aromatic hydroxyl groups is 1. The molecule has 0 heterocycles. The molecule has 20 heavy (non-hydrogen) atoms. The van der Waals surface area contributed by atoms with Crippen molar-refractivity contribution in [3.8, 4) is 5.75 Å². The number of nitrogens with one attached hydrogen (secondary N) is 2. The highest BCUT2D eigenvalue weighted by molar-refractivity contribution is 6.31. The molecular formula is C15H23ClN2O2. The van der Waals surface area contributed by atoms with Gasteiger partial charge in [0.15, 0.2) is 0 Å². The van der Waals surface area contributed by atoms with Crippen molar-refractivity contribution in [2.45, 2.75) is 46.6 Å². The van der Waals surface area contributed by atoms with Crippen molar-refractivity contribution in [1.29, 1.82) is 0 Å². The lowest BCUT2D eigenvalue weighted by Gasteiger charge is -2.33. The summed E-state index contributed by atoms with van der Waals surface area (Å²) < 4.78 is 0. The number of anilines is 1. The molecule has 0 fully saturated rings. The smallest absolute Gasteiger partial charge is 0.319 e. The van der Waals surface area contributed by atoms with Gasteiger partial charge in [0, 0.05) is 10.6 Å². The highest BCUT2D eigenvalue weighted by Gasteiger charge is 2.27. The molecule has 2 amide bonds. The van der Waals surface area contributed by atoms with Crippen LogP contribution in [-0.2, 0) is 0 Å². The van der Waals surface area contributed by atoms with Crippen molar-refractivity contribution in [1.82, 2.24) is 5.32 Å². The van der Waals surface area contributed by atoms with Gasteiger partial charge in [0.05, 0.1) is 5.69 Å². The zero-order valence-corrected chi connectivity index (χ0v) is 13.4. The Morgan fingerprint density at radius 2 is 1.85 bits per heavy atom. The van der Waals surface area contributed by atoms with Crippen LogP contribution in [-0.4, -0.2) is 16.7 Å². The van der Waals surface area contributed by atoms with Crippen LogP contribution in [0.4, 0.5) is 10.5 Å². The van der Waals surface area contributed by atoms with E-state index in [4.69, 9.17) is 11.6 Å². The first-order valence-corrected chi connectivity index (χ1v) is 6.94. The number of carbonyl (C=O) groups is 1. The average molecular weight is 299 g/mol.